The highest BCUT2D eigenvalue weighted by atomic mass is 79.9. The van der Waals surface area contributed by atoms with Crippen LogP contribution in [0.5, 0.6) is 5.75 Å². The van der Waals surface area contributed by atoms with Crippen molar-refractivity contribution in [3.05, 3.63) is 62.8 Å². The molecule has 2 rings (SSSR count). The molecule has 106 valence electrons. The monoisotopic (exact) mass is 357 g/mol. The van der Waals surface area contributed by atoms with Crippen LogP contribution in [0.25, 0.3) is 0 Å². The Morgan fingerprint density at radius 2 is 2.10 bits per heavy atom. The first kappa shape index (κ1) is 15.3. The van der Waals surface area contributed by atoms with Gasteiger partial charge < -0.3 is 10.5 Å². The maximum atomic E-state index is 14.0. The number of nitrogens with two attached hydrogens (primary N) is 1. The van der Waals surface area contributed by atoms with Crippen LogP contribution < -0.4 is 10.5 Å². The number of ether oxygens (including phenoxy) is 1. The summed E-state index contributed by atoms with van der Waals surface area (Å²) in [5.74, 6) is 0.252. The van der Waals surface area contributed by atoms with Crippen LogP contribution >= 0.6 is 27.5 Å². The van der Waals surface area contributed by atoms with Gasteiger partial charge in [0.05, 0.1) is 22.1 Å². The second-order valence-corrected chi connectivity index (χ2v) is 5.51. The summed E-state index contributed by atoms with van der Waals surface area (Å²) in [6, 6.07) is 9.70. The quantitative estimate of drug-likeness (QED) is 0.860. The van der Waals surface area contributed by atoms with Crippen LogP contribution in [0.15, 0.2) is 40.9 Å². The molecular formula is C15H14BrClFNO. The van der Waals surface area contributed by atoms with Crippen molar-refractivity contribution in [1.29, 1.82) is 0 Å². The Morgan fingerprint density at radius 1 is 1.35 bits per heavy atom. The Labute approximate surface area is 130 Å². The van der Waals surface area contributed by atoms with Gasteiger partial charge in [-0.2, -0.15) is 0 Å². The third-order valence-electron chi connectivity index (χ3n) is 2.93. The Kier molecular flexibility index (Phi) is 5.02. The molecule has 5 heteroatoms. The number of hydrogen-bond acceptors (Lipinski definition) is 2. The number of hydrogen-bond donors (Lipinski definition) is 1. The second kappa shape index (κ2) is 6.57. The van der Waals surface area contributed by atoms with Gasteiger partial charge in [0.1, 0.15) is 11.6 Å². The fraction of sp³-hybridized carbons (Fsp3) is 0.200. The zero-order valence-electron chi connectivity index (χ0n) is 10.9. The number of rotatable bonds is 4. The molecule has 2 aromatic carbocycles. The van der Waals surface area contributed by atoms with E-state index in [1.54, 1.807) is 12.1 Å². The fourth-order valence-corrected chi connectivity index (χ4v) is 2.62. The summed E-state index contributed by atoms with van der Waals surface area (Å²) >= 11 is 9.20. The molecule has 0 radical (unpaired) electrons. The summed E-state index contributed by atoms with van der Waals surface area (Å²) in [5, 5.41) is 0.0722. The second-order valence-electron chi connectivity index (χ2n) is 4.24. The summed E-state index contributed by atoms with van der Waals surface area (Å²) in [6.07, 6.45) is 0. The molecule has 20 heavy (non-hydrogen) atoms. The van der Waals surface area contributed by atoms with Gasteiger partial charge in [-0.25, -0.2) is 4.39 Å². The maximum Gasteiger partial charge on any atom is 0.146 e. The fourth-order valence-electron chi connectivity index (χ4n) is 1.92. The van der Waals surface area contributed by atoms with Gasteiger partial charge in [-0.05, 0) is 46.6 Å². The number of halogens is 3. The molecule has 0 fully saturated rings. The average Bonchev–Trinajstić information content (AvgIpc) is 2.43. The summed E-state index contributed by atoms with van der Waals surface area (Å²) in [5.41, 5.74) is 7.27. The van der Waals surface area contributed by atoms with E-state index in [4.69, 9.17) is 22.1 Å². The largest absolute Gasteiger partial charge is 0.493 e. The molecule has 0 aliphatic carbocycles. The Bertz CT molecular complexity index is 621. The van der Waals surface area contributed by atoms with E-state index in [1.807, 2.05) is 25.1 Å². The lowest BCUT2D eigenvalue weighted by atomic mass is 9.99. The van der Waals surface area contributed by atoms with Crippen molar-refractivity contribution in [3.8, 4) is 5.75 Å². The predicted octanol–water partition coefficient (Wildman–Crippen LogP) is 4.69. The Hall–Kier alpha value is -1.10. The highest BCUT2D eigenvalue weighted by Gasteiger charge is 2.16. The summed E-state index contributed by atoms with van der Waals surface area (Å²) in [7, 11) is 0. The molecule has 0 spiro atoms. The van der Waals surface area contributed by atoms with Crippen LogP contribution in [-0.2, 0) is 0 Å². The molecule has 2 aromatic rings. The highest BCUT2D eigenvalue weighted by molar-refractivity contribution is 9.10. The molecule has 1 atom stereocenters. The lowest BCUT2D eigenvalue weighted by molar-refractivity contribution is 0.338. The minimum absolute atomic E-state index is 0.0722. The Balaban J connectivity index is 2.36. The van der Waals surface area contributed by atoms with Crippen LogP contribution in [0.4, 0.5) is 4.39 Å². The van der Waals surface area contributed by atoms with E-state index in [0.717, 1.165) is 15.8 Å². The molecule has 0 heterocycles. The van der Waals surface area contributed by atoms with Crippen LogP contribution in [0.3, 0.4) is 0 Å². The Morgan fingerprint density at radius 3 is 2.75 bits per heavy atom. The molecule has 1 unspecified atom stereocenters. The molecular weight excluding hydrogens is 345 g/mol. The van der Waals surface area contributed by atoms with Crippen molar-refractivity contribution in [2.75, 3.05) is 6.61 Å². The van der Waals surface area contributed by atoms with Gasteiger partial charge in [-0.1, -0.05) is 29.8 Å². The van der Waals surface area contributed by atoms with Crippen LogP contribution in [0.1, 0.15) is 24.1 Å². The topological polar surface area (TPSA) is 35.2 Å². The molecule has 0 aromatic heterocycles. The van der Waals surface area contributed by atoms with Crippen LogP contribution in [-0.4, -0.2) is 6.61 Å². The number of benzene rings is 2. The van der Waals surface area contributed by atoms with Gasteiger partial charge in [-0.3, -0.25) is 0 Å². The van der Waals surface area contributed by atoms with Gasteiger partial charge in [0.15, 0.2) is 0 Å². The van der Waals surface area contributed by atoms with Crippen molar-refractivity contribution >= 4 is 27.5 Å². The van der Waals surface area contributed by atoms with E-state index < -0.39 is 11.9 Å². The summed E-state index contributed by atoms with van der Waals surface area (Å²) in [4.78, 5) is 0. The van der Waals surface area contributed by atoms with Crippen molar-refractivity contribution in [1.82, 2.24) is 0 Å². The maximum absolute atomic E-state index is 14.0. The summed E-state index contributed by atoms with van der Waals surface area (Å²) in [6.45, 7) is 2.49. The molecule has 0 aliphatic heterocycles. The van der Waals surface area contributed by atoms with E-state index in [-0.39, 0.29) is 5.02 Å². The molecule has 2 N–H and O–H groups in total. The average molecular weight is 359 g/mol. The SMILES string of the molecule is CCOc1ccc(C(N)c2cccc(Cl)c2F)cc1Br. The van der Waals surface area contributed by atoms with Crippen LogP contribution in [0, 0.1) is 5.82 Å². The van der Waals surface area contributed by atoms with E-state index in [9.17, 15) is 4.39 Å². The van der Waals surface area contributed by atoms with E-state index in [0.29, 0.717) is 12.2 Å². The molecule has 2 nitrogen and oxygen atoms in total. The molecule has 0 aliphatic rings. The third kappa shape index (κ3) is 3.14. The normalized spacial score (nSPS) is 12.2. The smallest absolute Gasteiger partial charge is 0.146 e. The van der Waals surface area contributed by atoms with Gasteiger partial charge in [0.25, 0.3) is 0 Å². The standard InChI is InChI=1S/C15H14BrClFNO/c1-2-20-13-7-6-9(8-11(13)16)15(19)10-4-3-5-12(17)14(10)18/h3-8,15H,2,19H2,1H3. The molecule has 0 bridgehead atoms. The van der Waals surface area contributed by atoms with Crippen molar-refractivity contribution in [2.24, 2.45) is 5.73 Å². The van der Waals surface area contributed by atoms with Crippen LogP contribution in [0.2, 0.25) is 5.02 Å². The minimum Gasteiger partial charge on any atom is -0.493 e. The lowest BCUT2D eigenvalue weighted by Gasteiger charge is -2.15. The highest BCUT2D eigenvalue weighted by Crippen LogP contribution is 2.31. The van der Waals surface area contributed by atoms with Crippen molar-refractivity contribution in [3.63, 3.8) is 0 Å². The van der Waals surface area contributed by atoms with E-state index in [2.05, 4.69) is 15.9 Å². The first-order valence-corrected chi connectivity index (χ1v) is 7.33. The zero-order chi connectivity index (χ0) is 14.7. The lowest BCUT2D eigenvalue weighted by Crippen LogP contribution is -2.14. The van der Waals surface area contributed by atoms with Gasteiger partial charge in [0, 0.05) is 5.56 Å². The molecule has 0 amide bonds. The first-order chi connectivity index (χ1) is 9.54. The predicted molar refractivity (Wildman–Crippen MR) is 82.8 cm³/mol. The van der Waals surface area contributed by atoms with Crippen molar-refractivity contribution < 1.29 is 9.13 Å². The zero-order valence-corrected chi connectivity index (χ0v) is 13.2. The summed E-state index contributed by atoms with van der Waals surface area (Å²) < 4.78 is 20.2. The van der Waals surface area contributed by atoms with Crippen molar-refractivity contribution in [2.45, 2.75) is 13.0 Å². The third-order valence-corrected chi connectivity index (χ3v) is 3.84. The van der Waals surface area contributed by atoms with Gasteiger partial charge in [0.2, 0.25) is 0 Å². The first-order valence-electron chi connectivity index (χ1n) is 6.16. The molecule has 0 saturated heterocycles. The molecule has 0 saturated carbocycles. The minimum atomic E-state index is -0.583. The van der Waals surface area contributed by atoms with Gasteiger partial charge >= 0.3 is 0 Å². The van der Waals surface area contributed by atoms with E-state index in [1.165, 1.54) is 6.07 Å². The van der Waals surface area contributed by atoms with Gasteiger partial charge in [-0.15, -0.1) is 0 Å². The van der Waals surface area contributed by atoms with E-state index >= 15 is 0 Å².